The standard InChI is InChI=1S/C15H16FN3O2/c16-12-7-13(15(18)21)19(9-12)14(20)6-5-10-1-3-11(8-17)4-2-10/h1-4,12-13H,5-7,9H2,(H2,18,21)/t12-,13+/m1/s1. The lowest BCUT2D eigenvalue weighted by molar-refractivity contribution is -0.137. The normalized spacial score (nSPS) is 21.0. The van der Waals surface area contributed by atoms with Crippen molar-refractivity contribution < 1.29 is 14.0 Å². The summed E-state index contributed by atoms with van der Waals surface area (Å²) >= 11 is 0. The molecule has 1 aliphatic heterocycles. The summed E-state index contributed by atoms with van der Waals surface area (Å²) in [6.07, 6.45) is -0.551. The van der Waals surface area contributed by atoms with Crippen LogP contribution in [0.3, 0.4) is 0 Å². The number of amides is 2. The first kappa shape index (κ1) is 15.0. The maximum atomic E-state index is 13.4. The van der Waals surface area contributed by atoms with Gasteiger partial charge in [0.15, 0.2) is 0 Å². The van der Waals surface area contributed by atoms with Gasteiger partial charge in [-0.3, -0.25) is 9.59 Å². The number of nitrogens with zero attached hydrogens (tertiary/aromatic N) is 2. The van der Waals surface area contributed by atoms with E-state index in [1.807, 2.05) is 6.07 Å². The molecule has 5 nitrogen and oxygen atoms in total. The molecule has 0 unspecified atom stereocenters. The van der Waals surface area contributed by atoms with Gasteiger partial charge in [-0.15, -0.1) is 0 Å². The summed E-state index contributed by atoms with van der Waals surface area (Å²) in [7, 11) is 0. The van der Waals surface area contributed by atoms with Crippen molar-refractivity contribution in [2.75, 3.05) is 6.54 Å². The molecule has 0 aliphatic carbocycles. The molecule has 0 saturated carbocycles. The van der Waals surface area contributed by atoms with Gasteiger partial charge in [-0.05, 0) is 24.1 Å². The zero-order chi connectivity index (χ0) is 15.4. The second-order valence-corrected chi connectivity index (χ2v) is 5.11. The molecule has 1 saturated heterocycles. The average Bonchev–Trinajstić information content (AvgIpc) is 2.87. The number of benzene rings is 1. The molecule has 1 aromatic rings. The Kier molecular flexibility index (Phi) is 4.53. The monoisotopic (exact) mass is 289 g/mol. The summed E-state index contributed by atoms with van der Waals surface area (Å²) in [5, 5.41) is 8.71. The van der Waals surface area contributed by atoms with Gasteiger partial charge in [0, 0.05) is 12.8 Å². The minimum atomic E-state index is -1.19. The molecule has 0 spiro atoms. The molecular formula is C15H16FN3O2. The number of carbonyl (C=O) groups excluding carboxylic acids is 2. The van der Waals surface area contributed by atoms with E-state index in [-0.39, 0.29) is 25.3 Å². The Bertz CT molecular complexity index is 580. The number of primary amides is 1. The molecule has 1 aliphatic rings. The first-order valence-corrected chi connectivity index (χ1v) is 6.73. The van der Waals surface area contributed by atoms with Gasteiger partial charge >= 0.3 is 0 Å². The lowest BCUT2D eigenvalue weighted by Crippen LogP contribution is -2.43. The average molecular weight is 289 g/mol. The number of carbonyl (C=O) groups is 2. The lowest BCUT2D eigenvalue weighted by atomic mass is 10.1. The molecule has 2 N–H and O–H groups in total. The Balaban J connectivity index is 1.94. The Labute approximate surface area is 122 Å². The highest BCUT2D eigenvalue weighted by Gasteiger charge is 2.38. The van der Waals surface area contributed by atoms with E-state index in [0.717, 1.165) is 5.56 Å². The molecule has 2 amide bonds. The number of hydrogen-bond acceptors (Lipinski definition) is 3. The molecule has 1 fully saturated rings. The van der Waals surface area contributed by atoms with E-state index in [4.69, 9.17) is 11.0 Å². The summed E-state index contributed by atoms with van der Waals surface area (Å²) in [6.45, 7) is -0.0696. The minimum absolute atomic E-state index is 0.0159. The van der Waals surface area contributed by atoms with Crippen molar-refractivity contribution >= 4 is 11.8 Å². The number of aryl methyl sites for hydroxylation is 1. The van der Waals surface area contributed by atoms with E-state index < -0.39 is 18.1 Å². The van der Waals surface area contributed by atoms with Crippen LogP contribution in [0.5, 0.6) is 0 Å². The predicted molar refractivity (Wildman–Crippen MR) is 73.7 cm³/mol. The van der Waals surface area contributed by atoms with Gasteiger partial charge in [0.2, 0.25) is 11.8 Å². The smallest absolute Gasteiger partial charge is 0.240 e. The SMILES string of the molecule is N#Cc1ccc(CCC(=O)N2C[C@H](F)C[C@H]2C(N)=O)cc1. The number of halogens is 1. The van der Waals surface area contributed by atoms with Crippen molar-refractivity contribution in [2.45, 2.75) is 31.5 Å². The van der Waals surface area contributed by atoms with Crippen LogP contribution >= 0.6 is 0 Å². The van der Waals surface area contributed by atoms with Crippen LogP contribution in [0.25, 0.3) is 0 Å². The third kappa shape index (κ3) is 3.57. The summed E-state index contributed by atoms with van der Waals surface area (Å²) in [6, 6.07) is 8.09. The van der Waals surface area contributed by atoms with Crippen LogP contribution < -0.4 is 5.73 Å². The quantitative estimate of drug-likeness (QED) is 0.894. The molecule has 110 valence electrons. The summed E-state index contributed by atoms with van der Waals surface area (Å²) in [4.78, 5) is 24.6. The molecule has 2 rings (SSSR count). The summed E-state index contributed by atoms with van der Waals surface area (Å²) in [5.41, 5.74) is 6.66. The van der Waals surface area contributed by atoms with Crippen molar-refractivity contribution in [1.82, 2.24) is 4.90 Å². The van der Waals surface area contributed by atoms with E-state index in [1.165, 1.54) is 4.90 Å². The number of likely N-dealkylation sites (tertiary alicyclic amines) is 1. The van der Waals surface area contributed by atoms with Crippen LogP contribution in [0.4, 0.5) is 4.39 Å². The van der Waals surface area contributed by atoms with Crippen molar-refractivity contribution in [1.29, 1.82) is 5.26 Å². The van der Waals surface area contributed by atoms with Gasteiger partial charge in [-0.2, -0.15) is 5.26 Å². The highest BCUT2D eigenvalue weighted by atomic mass is 19.1. The number of nitriles is 1. The third-order valence-corrected chi connectivity index (χ3v) is 3.61. The predicted octanol–water partition coefficient (Wildman–Crippen LogP) is 0.915. The van der Waals surface area contributed by atoms with Crippen LogP contribution in [0, 0.1) is 11.3 Å². The fraction of sp³-hybridized carbons (Fsp3) is 0.400. The third-order valence-electron chi connectivity index (χ3n) is 3.61. The molecule has 0 radical (unpaired) electrons. The lowest BCUT2D eigenvalue weighted by Gasteiger charge is -2.21. The van der Waals surface area contributed by atoms with Gasteiger partial charge in [-0.25, -0.2) is 4.39 Å². The van der Waals surface area contributed by atoms with Crippen LogP contribution in [0.1, 0.15) is 24.0 Å². The van der Waals surface area contributed by atoms with E-state index in [9.17, 15) is 14.0 Å². The van der Waals surface area contributed by atoms with E-state index in [1.54, 1.807) is 24.3 Å². The first-order chi connectivity index (χ1) is 10.0. The highest BCUT2D eigenvalue weighted by Crippen LogP contribution is 2.21. The molecule has 1 heterocycles. The topological polar surface area (TPSA) is 87.2 Å². The Morgan fingerprint density at radius 3 is 2.62 bits per heavy atom. The number of nitrogens with two attached hydrogens (primary N) is 1. The van der Waals surface area contributed by atoms with Crippen molar-refractivity contribution in [3.63, 3.8) is 0 Å². The second-order valence-electron chi connectivity index (χ2n) is 5.11. The Morgan fingerprint density at radius 2 is 2.05 bits per heavy atom. The molecule has 0 bridgehead atoms. The second kappa shape index (κ2) is 6.35. The fourth-order valence-corrected chi connectivity index (χ4v) is 2.47. The van der Waals surface area contributed by atoms with Crippen LogP contribution in [-0.2, 0) is 16.0 Å². The largest absolute Gasteiger partial charge is 0.368 e. The fourth-order valence-electron chi connectivity index (χ4n) is 2.47. The summed E-state index contributed by atoms with van der Waals surface area (Å²) < 4.78 is 13.4. The molecule has 2 atom stereocenters. The Morgan fingerprint density at radius 1 is 1.38 bits per heavy atom. The first-order valence-electron chi connectivity index (χ1n) is 6.73. The molecule has 0 aromatic heterocycles. The number of hydrogen-bond donors (Lipinski definition) is 1. The van der Waals surface area contributed by atoms with Crippen molar-refractivity contribution in [2.24, 2.45) is 5.73 Å². The molecular weight excluding hydrogens is 273 g/mol. The van der Waals surface area contributed by atoms with Crippen molar-refractivity contribution in [3.05, 3.63) is 35.4 Å². The Hall–Kier alpha value is -2.42. The van der Waals surface area contributed by atoms with Crippen LogP contribution in [-0.4, -0.2) is 35.5 Å². The molecule has 1 aromatic carbocycles. The van der Waals surface area contributed by atoms with Gasteiger partial charge in [0.05, 0.1) is 18.2 Å². The van der Waals surface area contributed by atoms with E-state index in [2.05, 4.69) is 0 Å². The van der Waals surface area contributed by atoms with Crippen molar-refractivity contribution in [3.8, 4) is 6.07 Å². The number of rotatable bonds is 4. The van der Waals surface area contributed by atoms with E-state index in [0.29, 0.717) is 12.0 Å². The van der Waals surface area contributed by atoms with E-state index >= 15 is 0 Å². The van der Waals surface area contributed by atoms with Gasteiger partial charge < -0.3 is 10.6 Å². The molecule has 6 heteroatoms. The maximum Gasteiger partial charge on any atom is 0.240 e. The van der Waals surface area contributed by atoms with Gasteiger partial charge in [0.25, 0.3) is 0 Å². The van der Waals surface area contributed by atoms with Gasteiger partial charge in [0.1, 0.15) is 12.2 Å². The van der Waals surface area contributed by atoms with Gasteiger partial charge in [-0.1, -0.05) is 12.1 Å². The minimum Gasteiger partial charge on any atom is -0.368 e. The van der Waals surface area contributed by atoms with Crippen LogP contribution in [0.15, 0.2) is 24.3 Å². The maximum absolute atomic E-state index is 13.4. The highest BCUT2D eigenvalue weighted by molar-refractivity contribution is 5.87. The number of alkyl halides is 1. The zero-order valence-electron chi connectivity index (χ0n) is 11.5. The summed E-state index contributed by atoms with van der Waals surface area (Å²) in [5.74, 6) is -0.940. The molecule has 21 heavy (non-hydrogen) atoms. The van der Waals surface area contributed by atoms with Crippen LogP contribution in [0.2, 0.25) is 0 Å². The zero-order valence-corrected chi connectivity index (χ0v) is 11.5.